The Morgan fingerprint density at radius 1 is 1.10 bits per heavy atom. The van der Waals surface area contributed by atoms with Crippen LogP contribution in [-0.4, -0.2) is 41.0 Å². The molecule has 5 nitrogen and oxygen atoms in total. The molecule has 1 fully saturated rings. The van der Waals surface area contributed by atoms with Gasteiger partial charge in [-0.3, -0.25) is 0 Å². The maximum atomic E-state index is 11.6. The molecule has 0 aromatic heterocycles. The summed E-state index contributed by atoms with van der Waals surface area (Å²) in [4.78, 5) is 11.6. The molecule has 0 amide bonds. The van der Waals surface area contributed by atoms with Crippen molar-refractivity contribution in [3.05, 3.63) is 23.3 Å². The molecule has 0 saturated heterocycles. The summed E-state index contributed by atoms with van der Waals surface area (Å²) in [6.45, 7) is 13.1. The van der Waals surface area contributed by atoms with Crippen LogP contribution in [0.2, 0.25) is 18.1 Å². The van der Waals surface area contributed by atoms with Crippen molar-refractivity contribution < 1.29 is 23.4 Å². The fourth-order valence-corrected chi connectivity index (χ4v) is 5.02. The molecule has 2 atom stereocenters. The molecular weight excluding hydrogens is 396 g/mol. The lowest BCUT2D eigenvalue weighted by Gasteiger charge is -2.42. The number of carbonyl (C=O) groups excluding carboxylic acids is 1. The van der Waals surface area contributed by atoms with Gasteiger partial charge in [0.25, 0.3) is 0 Å². The molecule has 1 saturated carbocycles. The second-order valence-corrected chi connectivity index (χ2v) is 14.6. The summed E-state index contributed by atoms with van der Waals surface area (Å²) in [5.41, 5.74) is 1.88. The predicted molar refractivity (Wildman–Crippen MR) is 123 cm³/mol. The first kappa shape index (κ1) is 24.9. The Labute approximate surface area is 183 Å². The SMILES string of the molecule is COc1cc(C(O[Si](C)(C)C(C)(C)C)[C@H](CC=O)OC2CCCC2)cc(OC)c1C. The molecular formula is C24H40O5Si. The summed E-state index contributed by atoms with van der Waals surface area (Å²) in [5.74, 6) is 1.50. The molecule has 2 rings (SSSR count). The largest absolute Gasteiger partial charge is 0.496 e. The van der Waals surface area contributed by atoms with Gasteiger partial charge in [0.1, 0.15) is 17.8 Å². The van der Waals surface area contributed by atoms with Crippen LogP contribution in [0.15, 0.2) is 12.1 Å². The Kier molecular flexibility index (Phi) is 8.54. The van der Waals surface area contributed by atoms with Crippen LogP contribution in [0.5, 0.6) is 11.5 Å². The lowest BCUT2D eigenvalue weighted by molar-refractivity contribution is -0.117. The normalized spacial score (nSPS) is 17.6. The van der Waals surface area contributed by atoms with Gasteiger partial charge in [0, 0.05) is 12.0 Å². The van der Waals surface area contributed by atoms with Crippen molar-refractivity contribution in [1.29, 1.82) is 0 Å². The van der Waals surface area contributed by atoms with E-state index in [-0.39, 0.29) is 23.4 Å². The van der Waals surface area contributed by atoms with E-state index in [0.717, 1.165) is 41.8 Å². The highest BCUT2D eigenvalue weighted by atomic mass is 28.4. The van der Waals surface area contributed by atoms with Crippen molar-refractivity contribution in [2.24, 2.45) is 0 Å². The molecule has 30 heavy (non-hydrogen) atoms. The summed E-state index contributed by atoms with van der Waals surface area (Å²) in [6, 6.07) is 4.01. The second kappa shape index (κ2) is 10.3. The summed E-state index contributed by atoms with van der Waals surface area (Å²) in [5, 5.41) is 0.0310. The van der Waals surface area contributed by atoms with Crippen LogP contribution in [0.1, 0.15) is 70.1 Å². The fourth-order valence-electron chi connectivity index (χ4n) is 3.74. The third-order valence-electron chi connectivity index (χ3n) is 6.67. The van der Waals surface area contributed by atoms with Crippen molar-refractivity contribution in [2.45, 2.75) is 96.2 Å². The number of ether oxygens (including phenoxy) is 3. The van der Waals surface area contributed by atoms with Gasteiger partial charge >= 0.3 is 0 Å². The van der Waals surface area contributed by atoms with Crippen LogP contribution in [0.25, 0.3) is 0 Å². The van der Waals surface area contributed by atoms with Crippen molar-refractivity contribution in [1.82, 2.24) is 0 Å². The summed E-state index contributed by atoms with van der Waals surface area (Å²) in [7, 11) is 1.18. The third-order valence-corrected chi connectivity index (χ3v) is 11.1. The van der Waals surface area contributed by atoms with Gasteiger partial charge in [0.2, 0.25) is 0 Å². The molecule has 0 aliphatic heterocycles. The van der Waals surface area contributed by atoms with E-state index < -0.39 is 8.32 Å². The number of hydrogen-bond acceptors (Lipinski definition) is 5. The third kappa shape index (κ3) is 5.86. The molecule has 0 N–H and O–H groups in total. The van der Waals surface area contributed by atoms with Crippen molar-refractivity contribution in [3.8, 4) is 11.5 Å². The van der Waals surface area contributed by atoms with Crippen LogP contribution >= 0.6 is 0 Å². The van der Waals surface area contributed by atoms with Crippen LogP contribution in [0.4, 0.5) is 0 Å². The minimum absolute atomic E-state index is 0.0310. The smallest absolute Gasteiger partial charge is 0.193 e. The van der Waals surface area contributed by atoms with E-state index in [1.165, 1.54) is 12.8 Å². The van der Waals surface area contributed by atoms with Crippen molar-refractivity contribution >= 4 is 14.6 Å². The van der Waals surface area contributed by atoms with E-state index in [4.69, 9.17) is 18.6 Å². The number of rotatable bonds is 10. The molecule has 6 heteroatoms. The van der Waals surface area contributed by atoms with E-state index >= 15 is 0 Å². The van der Waals surface area contributed by atoms with Crippen LogP contribution in [-0.2, 0) is 14.0 Å². The first-order valence-corrected chi connectivity index (χ1v) is 13.9. The monoisotopic (exact) mass is 436 g/mol. The molecule has 0 radical (unpaired) electrons. The van der Waals surface area contributed by atoms with Gasteiger partial charge in [-0.05, 0) is 55.6 Å². The molecule has 1 aliphatic rings. The van der Waals surface area contributed by atoms with E-state index in [2.05, 4.69) is 33.9 Å². The molecule has 170 valence electrons. The molecule has 1 aromatic carbocycles. The summed E-state index contributed by atoms with van der Waals surface area (Å²) in [6.07, 6.45) is 5.19. The predicted octanol–water partition coefficient (Wildman–Crippen LogP) is 5.99. The number of aldehydes is 1. The van der Waals surface area contributed by atoms with Gasteiger partial charge in [0.05, 0.1) is 32.5 Å². The quantitative estimate of drug-likeness (QED) is 0.333. The lowest BCUT2D eigenvalue weighted by Crippen LogP contribution is -2.45. The first-order chi connectivity index (χ1) is 14.0. The van der Waals surface area contributed by atoms with Gasteiger partial charge in [-0.2, -0.15) is 0 Å². The van der Waals surface area contributed by atoms with Gasteiger partial charge < -0.3 is 23.4 Å². The fraction of sp³-hybridized carbons (Fsp3) is 0.708. The van der Waals surface area contributed by atoms with E-state index in [1.54, 1.807) is 14.2 Å². The van der Waals surface area contributed by atoms with Gasteiger partial charge in [0.15, 0.2) is 8.32 Å². The minimum atomic E-state index is -2.14. The second-order valence-electron chi connectivity index (χ2n) is 9.83. The number of benzene rings is 1. The first-order valence-electron chi connectivity index (χ1n) is 11.0. The maximum absolute atomic E-state index is 11.6. The Balaban J connectivity index is 2.52. The summed E-state index contributed by atoms with van der Waals surface area (Å²) < 4.78 is 24.6. The highest BCUT2D eigenvalue weighted by Gasteiger charge is 2.42. The Bertz CT molecular complexity index is 679. The maximum Gasteiger partial charge on any atom is 0.193 e. The zero-order valence-corrected chi connectivity index (χ0v) is 21.0. The molecule has 0 bridgehead atoms. The van der Waals surface area contributed by atoms with Crippen LogP contribution in [0, 0.1) is 6.92 Å². The number of methoxy groups -OCH3 is 2. The number of hydrogen-bond donors (Lipinski definition) is 0. The molecule has 1 aliphatic carbocycles. The van der Waals surface area contributed by atoms with Crippen molar-refractivity contribution in [2.75, 3.05) is 14.2 Å². The van der Waals surface area contributed by atoms with Gasteiger partial charge in [-0.1, -0.05) is 33.6 Å². The van der Waals surface area contributed by atoms with Gasteiger partial charge in [-0.15, -0.1) is 0 Å². The topological polar surface area (TPSA) is 54.0 Å². The molecule has 1 aromatic rings. The Morgan fingerprint density at radius 3 is 2.07 bits per heavy atom. The van der Waals surface area contributed by atoms with E-state index in [1.807, 2.05) is 19.1 Å². The zero-order valence-electron chi connectivity index (χ0n) is 20.0. The molecule has 0 heterocycles. The Morgan fingerprint density at radius 2 is 1.63 bits per heavy atom. The van der Waals surface area contributed by atoms with Crippen molar-refractivity contribution in [3.63, 3.8) is 0 Å². The standard InChI is InChI=1S/C24H40O5Si/c1-17-21(26-5)15-18(16-22(17)27-6)23(29-30(7,8)24(2,3)4)20(13-14-25)28-19-11-9-10-12-19/h14-16,19-20,23H,9-13H2,1-8H3/t20-,23?/m0/s1. The summed E-state index contributed by atoms with van der Waals surface area (Å²) >= 11 is 0. The highest BCUT2D eigenvalue weighted by molar-refractivity contribution is 6.74. The minimum Gasteiger partial charge on any atom is -0.496 e. The van der Waals surface area contributed by atoms with Crippen LogP contribution in [0.3, 0.4) is 0 Å². The van der Waals surface area contributed by atoms with Crippen LogP contribution < -0.4 is 9.47 Å². The van der Waals surface area contributed by atoms with Gasteiger partial charge in [-0.25, -0.2) is 0 Å². The number of carbonyl (C=O) groups is 1. The lowest BCUT2D eigenvalue weighted by atomic mass is 9.99. The average molecular weight is 437 g/mol. The average Bonchev–Trinajstić information content (AvgIpc) is 3.18. The van der Waals surface area contributed by atoms with E-state index in [0.29, 0.717) is 6.42 Å². The molecule has 0 spiro atoms. The zero-order chi connectivity index (χ0) is 22.5. The highest BCUT2D eigenvalue weighted by Crippen LogP contribution is 2.43. The molecule has 1 unspecified atom stereocenters. The Hall–Kier alpha value is -1.37. The van der Waals surface area contributed by atoms with E-state index in [9.17, 15) is 4.79 Å².